The van der Waals surface area contributed by atoms with Crippen molar-refractivity contribution in [2.75, 3.05) is 13.2 Å². The first-order chi connectivity index (χ1) is 33.0. The first-order valence-corrected chi connectivity index (χ1v) is 30.8. The van der Waals surface area contributed by atoms with E-state index in [-0.39, 0.29) is 18.5 Å². The van der Waals surface area contributed by atoms with Gasteiger partial charge >= 0.3 is 5.97 Å². The van der Waals surface area contributed by atoms with E-state index in [0.29, 0.717) is 25.9 Å². The van der Waals surface area contributed by atoms with Crippen molar-refractivity contribution in [3.63, 3.8) is 0 Å². The van der Waals surface area contributed by atoms with Crippen molar-refractivity contribution < 1.29 is 24.5 Å². The second-order valence-corrected chi connectivity index (χ2v) is 21.4. The number of unbranched alkanes of at least 4 members (excludes halogenated alkanes) is 47. The highest BCUT2D eigenvalue weighted by molar-refractivity contribution is 5.76. The van der Waals surface area contributed by atoms with Gasteiger partial charge in [-0.25, -0.2) is 0 Å². The van der Waals surface area contributed by atoms with Gasteiger partial charge in [0.2, 0.25) is 5.91 Å². The number of amides is 1. The van der Waals surface area contributed by atoms with Crippen molar-refractivity contribution in [3.8, 4) is 0 Å². The lowest BCUT2D eigenvalue weighted by Gasteiger charge is -2.22. The molecule has 0 saturated heterocycles. The molecule has 2 unspecified atom stereocenters. The molecular weight excluding hydrogens is 827 g/mol. The average molecular weight is 949 g/mol. The maximum atomic E-state index is 12.5. The van der Waals surface area contributed by atoms with Gasteiger partial charge in [-0.1, -0.05) is 316 Å². The molecule has 0 spiro atoms. The van der Waals surface area contributed by atoms with Gasteiger partial charge in [0.25, 0.3) is 0 Å². The van der Waals surface area contributed by atoms with E-state index in [1.165, 1.54) is 283 Å². The third kappa shape index (κ3) is 54.0. The van der Waals surface area contributed by atoms with Crippen molar-refractivity contribution in [2.45, 2.75) is 366 Å². The minimum atomic E-state index is -0.666. The quantitative estimate of drug-likeness (QED) is 0.0417. The number of hydrogen-bond acceptors (Lipinski definition) is 5. The fraction of sp³-hybridized carbons (Fsp3) is 0.967. The summed E-state index contributed by atoms with van der Waals surface area (Å²) in [4.78, 5) is 24.6. The summed E-state index contributed by atoms with van der Waals surface area (Å²) < 4.78 is 5.50. The van der Waals surface area contributed by atoms with Gasteiger partial charge in [-0.2, -0.15) is 0 Å². The Balaban J connectivity index is 3.37. The van der Waals surface area contributed by atoms with Crippen LogP contribution in [-0.4, -0.2) is 47.4 Å². The summed E-state index contributed by atoms with van der Waals surface area (Å²) in [6.07, 6.45) is 66.7. The van der Waals surface area contributed by atoms with Crippen LogP contribution in [0.5, 0.6) is 0 Å². The summed E-state index contributed by atoms with van der Waals surface area (Å²) in [5, 5.41) is 23.3. The fourth-order valence-corrected chi connectivity index (χ4v) is 9.94. The van der Waals surface area contributed by atoms with Crippen LogP contribution in [0.1, 0.15) is 354 Å². The van der Waals surface area contributed by atoms with Crippen molar-refractivity contribution in [1.29, 1.82) is 0 Å². The van der Waals surface area contributed by atoms with Crippen LogP contribution in [0.4, 0.5) is 0 Å². The lowest BCUT2D eigenvalue weighted by Crippen LogP contribution is -2.45. The Kier molecular flexibility index (Phi) is 56.5. The molecule has 3 N–H and O–H groups in total. The largest absolute Gasteiger partial charge is 0.466 e. The Labute approximate surface area is 419 Å². The number of nitrogens with one attached hydrogen (secondary N) is 1. The standard InChI is InChI=1S/C61H121NO5/c1-3-5-7-9-11-13-15-17-19-20-23-27-31-35-39-43-47-51-55-61(66)67-56-52-48-44-40-36-32-28-24-21-22-26-30-34-38-42-46-50-54-60(65)62-58(57-63)59(64)53-49-45-41-37-33-29-25-18-16-14-12-10-8-6-4-2/h58-59,63-64H,3-57H2,1-2H3,(H,62,65). The summed E-state index contributed by atoms with van der Waals surface area (Å²) in [6, 6.07) is -0.544. The normalized spacial score (nSPS) is 12.5. The molecule has 0 fully saturated rings. The van der Waals surface area contributed by atoms with Gasteiger partial charge in [-0.05, 0) is 25.7 Å². The number of aliphatic hydroxyl groups is 2. The highest BCUT2D eigenvalue weighted by Crippen LogP contribution is 2.18. The van der Waals surface area contributed by atoms with Crippen LogP contribution < -0.4 is 5.32 Å². The van der Waals surface area contributed by atoms with E-state index in [0.717, 1.165) is 38.5 Å². The number of esters is 1. The topological polar surface area (TPSA) is 95.9 Å². The van der Waals surface area contributed by atoms with Crippen LogP contribution in [0.2, 0.25) is 0 Å². The maximum absolute atomic E-state index is 12.5. The van der Waals surface area contributed by atoms with Gasteiger partial charge in [0, 0.05) is 12.8 Å². The minimum Gasteiger partial charge on any atom is -0.466 e. The van der Waals surface area contributed by atoms with Crippen LogP contribution in [-0.2, 0) is 14.3 Å². The summed E-state index contributed by atoms with van der Waals surface area (Å²) in [7, 11) is 0. The molecule has 0 bridgehead atoms. The third-order valence-electron chi connectivity index (χ3n) is 14.7. The summed E-state index contributed by atoms with van der Waals surface area (Å²) >= 11 is 0. The molecular formula is C61H121NO5. The van der Waals surface area contributed by atoms with Gasteiger partial charge in [0.15, 0.2) is 0 Å². The van der Waals surface area contributed by atoms with E-state index in [4.69, 9.17) is 4.74 Å². The SMILES string of the molecule is CCCCCCCCCCCCCCCCCCCCC(=O)OCCCCCCCCCCCCCCCCCCCC(=O)NC(CO)C(O)CCCCCCCCCCCCCCCCC. The zero-order valence-corrected chi connectivity index (χ0v) is 45.7. The summed E-state index contributed by atoms with van der Waals surface area (Å²) in [5.74, 6) is -0.0261. The van der Waals surface area contributed by atoms with E-state index in [1.807, 2.05) is 0 Å². The number of hydrogen-bond donors (Lipinski definition) is 3. The lowest BCUT2D eigenvalue weighted by molar-refractivity contribution is -0.143. The number of aliphatic hydroxyl groups excluding tert-OH is 2. The molecule has 0 aliphatic heterocycles. The smallest absolute Gasteiger partial charge is 0.305 e. The van der Waals surface area contributed by atoms with Crippen LogP contribution in [0.15, 0.2) is 0 Å². The Bertz CT molecular complexity index is 959. The maximum Gasteiger partial charge on any atom is 0.305 e. The van der Waals surface area contributed by atoms with Crippen molar-refractivity contribution in [1.82, 2.24) is 5.32 Å². The molecule has 0 aliphatic carbocycles. The highest BCUT2D eigenvalue weighted by Gasteiger charge is 2.20. The molecule has 67 heavy (non-hydrogen) atoms. The Morgan fingerprint density at radius 3 is 0.910 bits per heavy atom. The molecule has 2 atom stereocenters. The first kappa shape index (κ1) is 65.9. The average Bonchev–Trinajstić information content (AvgIpc) is 3.33. The fourth-order valence-electron chi connectivity index (χ4n) is 9.94. The van der Waals surface area contributed by atoms with E-state index in [2.05, 4.69) is 19.2 Å². The van der Waals surface area contributed by atoms with Crippen LogP contribution >= 0.6 is 0 Å². The first-order valence-electron chi connectivity index (χ1n) is 30.8. The van der Waals surface area contributed by atoms with Crippen LogP contribution in [0.25, 0.3) is 0 Å². The Morgan fingerprint density at radius 1 is 0.358 bits per heavy atom. The van der Waals surface area contributed by atoms with Crippen molar-refractivity contribution >= 4 is 11.9 Å². The monoisotopic (exact) mass is 948 g/mol. The van der Waals surface area contributed by atoms with Gasteiger partial charge in [-0.15, -0.1) is 0 Å². The van der Waals surface area contributed by atoms with Crippen molar-refractivity contribution in [2.24, 2.45) is 0 Å². The molecule has 0 aliphatic rings. The Morgan fingerprint density at radius 2 is 0.612 bits per heavy atom. The number of ether oxygens (including phenoxy) is 1. The minimum absolute atomic E-state index is 0.0109. The number of carbonyl (C=O) groups excluding carboxylic acids is 2. The molecule has 6 heteroatoms. The number of carbonyl (C=O) groups is 2. The van der Waals surface area contributed by atoms with Gasteiger partial charge in [0.1, 0.15) is 0 Å². The molecule has 0 saturated carbocycles. The van der Waals surface area contributed by atoms with Crippen molar-refractivity contribution in [3.05, 3.63) is 0 Å². The van der Waals surface area contributed by atoms with Gasteiger partial charge in [0.05, 0.1) is 25.4 Å². The predicted octanol–water partition coefficient (Wildman–Crippen LogP) is 19.1. The highest BCUT2D eigenvalue weighted by atomic mass is 16.5. The molecule has 400 valence electrons. The van der Waals surface area contributed by atoms with Crippen LogP contribution in [0, 0.1) is 0 Å². The van der Waals surface area contributed by atoms with E-state index in [9.17, 15) is 19.8 Å². The predicted molar refractivity (Wildman–Crippen MR) is 292 cm³/mol. The molecule has 6 nitrogen and oxygen atoms in total. The van der Waals surface area contributed by atoms with E-state index < -0.39 is 12.1 Å². The third-order valence-corrected chi connectivity index (χ3v) is 14.7. The summed E-state index contributed by atoms with van der Waals surface area (Å²) in [5.41, 5.74) is 0. The van der Waals surface area contributed by atoms with Crippen LogP contribution in [0.3, 0.4) is 0 Å². The molecule has 1 amide bonds. The van der Waals surface area contributed by atoms with Gasteiger partial charge < -0.3 is 20.3 Å². The second-order valence-electron chi connectivity index (χ2n) is 21.4. The molecule has 0 aromatic rings. The van der Waals surface area contributed by atoms with E-state index in [1.54, 1.807) is 0 Å². The molecule has 0 aromatic heterocycles. The van der Waals surface area contributed by atoms with E-state index >= 15 is 0 Å². The number of rotatable bonds is 58. The molecule has 0 aromatic carbocycles. The molecule has 0 radical (unpaired) electrons. The second kappa shape index (κ2) is 57.4. The molecule has 0 rings (SSSR count). The summed E-state index contributed by atoms with van der Waals surface area (Å²) in [6.45, 7) is 4.98. The zero-order chi connectivity index (χ0) is 48.6. The zero-order valence-electron chi connectivity index (χ0n) is 45.7. The lowest BCUT2D eigenvalue weighted by atomic mass is 10.0. The Hall–Kier alpha value is -1.14. The molecule has 0 heterocycles. The van der Waals surface area contributed by atoms with Gasteiger partial charge in [-0.3, -0.25) is 9.59 Å².